The van der Waals surface area contributed by atoms with Crippen LogP contribution in [0.15, 0.2) is 23.0 Å². The van der Waals surface area contributed by atoms with E-state index in [0.717, 1.165) is 17.0 Å². The summed E-state index contributed by atoms with van der Waals surface area (Å²) >= 11 is 0. The molecule has 1 N–H and O–H groups in total. The number of nitrogens with zero attached hydrogens (tertiary/aromatic N) is 3. The molecule has 0 fully saturated rings. The van der Waals surface area contributed by atoms with Crippen molar-refractivity contribution in [1.29, 1.82) is 0 Å². The first-order chi connectivity index (χ1) is 8.87. The number of fused-ring (bicyclic) bond motifs is 1. The summed E-state index contributed by atoms with van der Waals surface area (Å²) in [6.07, 6.45) is 1.01. The van der Waals surface area contributed by atoms with Crippen molar-refractivity contribution in [3.63, 3.8) is 0 Å². The van der Waals surface area contributed by atoms with Gasteiger partial charge in [0.1, 0.15) is 11.3 Å². The average molecular weight is 286 g/mol. The highest BCUT2D eigenvalue weighted by Gasteiger charge is 2.07. The number of hydrogen-bond acceptors (Lipinski definition) is 5. The molecule has 2 aromatic rings. The monoisotopic (exact) mass is 286 g/mol. The molecule has 2 rings (SSSR count). The molecular weight excluding hydrogens is 275 g/mol. The largest absolute Gasteiger partial charge is 0.277 e. The van der Waals surface area contributed by atoms with Gasteiger partial charge in [-0.1, -0.05) is 5.21 Å². The molecule has 9 heteroatoms. The lowest BCUT2D eigenvalue weighted by atomic mass is 10.2. The number of rotatable bonds is 4. The first kappa shape index (κ1) is 13.6. The van der Waals surface area contributed by atoms with Gasteiger partial charge in [0, 0.05) is 6.54 Å². The predicted octanol–water partition coefficient (Wildman–Crippen LogP) is -0.520. The zero-order chi connectivity index (χ0) is 14.0. The summed E-state index contributed by atoms with van der Waals surface area (Å²) in [7, 11) is -3.33. The van der Waals surface area contributed by atoms with Crippen LogP contribution in [0.4, 0.5) is 4.39 Å². The number of aromatic nitrogens is 3. The van der Waals surface area contributed by atoms with Crippen molar-refractivity contribution < 1.29 is 12.8 Å². The molecule has 1 heterocycles. The Balaban J connectivity index is 2.30. The van der Waals surface area contributed by atoms with Crippen LogP contribution in [0.3, 0.4) is 0 Å². The second kappa shape index (κ2) is 5.02. The van der Waals surface area contributed by atoms with Crippen LogP contribution in [0.5, 0.6) is 0 Å². The topological polar surface area (TPSA) is 93.9 Å². The maximum Gasteiger partial charge on any atom is 0.277 e. The van der Waals surface area contributed by atoms with Crippen molar-refractivity contribution >= 4 is 20.9 Å². The first-order valence-corrected chi connectivity index (χ1v) is 7.24. The molecule has 102 valence electrons. The Morgan fingerprint density at radius 2 is 2.16 bits per heavy atom. The lowest BCUT2D eigenvalue weighted by Gasteiger charge is -2.05. The van der Waals surface area contributed by atoms with Crippen molar-refractivity contribution in [3.8, 4) is 0 Å². The maximum atomic E-state index is 13.1. The molecule has 0 amide bonds. The van der Waals surface area contributed by atoms with Crippen LogP contribution in [-0.2, 0) is 16.6 Å². The van der Waals surface area contributed by atoms with Gasteiger partial charge in [-0.15, -0.1) is 5.10 Å². The van der Waals surface area contributed by atoms with Gasteiger partial charge in [0.15, 0.2) is 0 Å². The van der Waals surface area contributed by atoms with E-state index in [1.54, 1.807) is 0 Å². The molecule has 0 radical (unpaired) electrons. The van der Waals surface area contributed by atoms with Crippen LogP contribution in [0.1, 0.15) is 0 Å². The van der Waals surface area contributed by atoms with Gasteiger partial charge in [-0.25, -0.2) is 22.2 Å². The van der Waals surface area contributed by atoms with E-state index in [1.165, 1.54) is 12.1 Å². The van der Waals surface area contributed by atoms with E-state index in [2.05, 4.69) is 15.0 Å². The Labute approximate surface area is 108 Å². The van der Waals surface area contributed by atoms with Gasteiger partial charge in [0.2, 0.25) is 10.0 Å². The maximum absolute atomic E-state index is 13.1. The van der Waals surface area contributed by atoms with Crippen molar-refractivity contribution in [1.82, 2.24) is 19.7 Å². The highest BCUT2D eigenvalue weighted by Crippen LogP contribution is 2.07. The summed E-state index contributed by atoms with van der Waals surface area (Å²) in [4.78, 5) is 12.0. The van der Waals surface area contributed by atoms with Crippen LogP contribution in [-0.4, -0.2) is 36.2 Å². The molecule has 0 unspecified atom stereocenters. The van der Waals surface area contributed by atoms with Crippen molar-refractivity contribution in [2.45, 2.75) is 6.54 Å². The minimum atomic E-state index is -3.33. The fourth-order valence-corrected chi connectivity index (χ4v) is 1.99. The van der Waals surface area contributed by atoms with Gasteiger partial charge >= 0.3 is 0 Å². The lowest BCUT2D eigenvalue weighted by molar-refractivity contribution is 0.533. The fraction of sp³-hybridized carbons (Fsp3) is 0.300. The van der Waals surface area contributed by atoms with Gasteiger partial charge in [0.05, 0.1) is 18.2 Å². The molecule has 7 nitrogen and oxygen atoms in total. The van der Waals surface area contributed by atoms with Crippen molar-refractivity contribution in [2.24, 2.45) is 0 Å². The van der Waals surface area contributed by atoms with E-state index in [1.807, 2.05) is 0 Å². The zero-order valence-electron chi connectivity index (χ0n) is 10.00. The van der Waals surface area contributed by atoms with Gasteiger partial charge < -0.3 is 0 Å². The molecule has 0 saturated carbocycles. The Morgan fingerprint density at radius 1 is 1.42 bits per heavy atom. The number of benzene rings is 1. The third-order valence-corrected chi connectivity index (χ3v) is 3.10. The van der Waals surface area contributed by atoms with E-state index in [4.69, 9.17) is 0 Å². The Morgan fingerprint density at radius 3 is 2.84 bits per heavy atom. The van der Waals surface area contributed by atoms with Crippen molar-refractivity contribution in [3.05, 3.63) is 34.4 Å². The molecule has 0 aliphatic heterocycles. The van der Waals surface area contributed by atoms with Gasteiger partial charge in [-0.2, -0.15) is 0 Å². The summed E-state index contributed by atoms with van der Waals surface area (Å²) in [6, 6.07) is 3.62. The molecular formula is C10H11FN4O3S. The van der Waals surface area contributed by atoms with E-state index >= 15 is 0 Å². The smallest absolute Gasteiger partial charge is 0.267 e. The third kappa shape index (κ3) is 3.32. The van der Waals surface area contributed by atoms with Crippen LogP contribution < -0.4 is 10.3 Å². The second-order valence-corrected chi connectivity index (χ2v) is 5.78. The van der Waals surface area contributed by atoms with Crippen molar-refractivity contribution in [2.75, 3.05) is 12.8 Å². The SMILES string of the molecule is CS(=O)(=O)NCCn1nnc2ccc(F)cc2c1=O. The standard InChI is InChI=1S/C10H11FN4O3S/c1-19(17,18)12-4-5-15-10(16)8-6-7(11)2-3-9(8)13-14-15/h2-3,6,12H,4-5H2,1H3. The second-order valence-electron chi connectivity index (χ2n) is 3.95. The highest BCUT2D eigenvalue weighted by molar-refractivity contribution is 7.88. The minimum Gasteiger partial charge on any atom is -0.267 e. The summed E-state index contributed by atoms with van der Waals surface area (Å²) in [5.41, 5.74) is -0.224. The third-order valence-electron chi connectivity index (χ3n) is 2.37. The molecule has 1 aromatic carbocycles. The van der Waals surface area contributed by atoms with Gasteiger partial charge in [-0.05, 0) is 18.2 Å². The number of nitrogens with one attached hydrogen (secondary N) is 1. The van der Waals surface area contributed by atoms with E-state index < -0.39 is 21.4 Å². The molecule has 0 aliphatic carbocycles. The molecule has 0 atom stereocenters. The average Bonchev–Trinajstić information content (AvgIpc) is 2.31. The molecule has 0 spiro atoms. The molecule has 19 heavy (non-hydrogen) atoms. The van der Waals surface area contributed by atoms with Crippen LogP contribution in [0.25, 0.3) is 10.9 Å². The zero-order valence-corrected chi connectivity index (χ0v) is 10.8. The molecule has 0 aliphatic rings. The fourth-order valence-electron chi connectivity index (χ4n) is 1.53. The highest BCUT2D eigenvalue weighted by atomic mass is 32.2. The molecule has 0 saturated heterocycles. The number of hydrogen-bond donors (Lipinski definition) is 1. The van der Waals surface area contributed by atoms with E-state index in [-0.39, 0.29) is 18.5 Å². The summed E-state index contributed by atoms with van der Waals surface area (Å²) in [6.45, 7) is 0.0274. The summed E-state index contributed by atoms with van der Waals surface area (Å²) in [5, 5.41) is 7.53. The Hall–Kier alpha value is -1.87. The summed E-state index contributed by atoms with van der Waals surface area (Å²) in [5.74, 6) is -0.543. The first-order valence-electron chi connectivity index (χ1n) is 5.34. The van der Waals surface area contributed by atoms with Gasteiger partial charge in [-0.3, -0.25) is 4.79 Å². The van der Waals surface area contributed by atoms with Crippen LogP contribution in [0.2, 0.25) is 0 Å². The molecule has 1 aromatic heterocycles. The summed E-state index contributed by atoms with van der Waals surface area (Å²) < 4.78 is 38.0. The van der Waals surface area contributed by atoms with E-state index in [0.29, 0.717) is 5.52 Å². The number of sulfonamides is 1. The Kier molecular flexibility index (Phi) is 3.58. The number of halogens is 1. The van der Waals surface area contributed by atoms with Crippen LogP contribution >= 0.6 is 0 Å². The Bertz CT molecular complexity index is 772. The minimum absolute atomic E-state index is 0.00818. The predicted molar refractivity (Wildman–Crippen MR) is 66.6 cm³/mol. The normalized spacial score (nSPS) is 11.9. The van der Waals surface area contributed by atoms with Gasteiger partial charge in [0.25, 0.3) is 5.56 Å². The molecule has 0 bridgehead atoms. The lowest BCUT2D eigenvalue weighted by Crippen LogP contribution is -2.32. The van der Waals surface area contributed by atoms with E-state index in [9.17, 15) is 17.6 Å². The van der Waals surface area contributed by atoms with Crippen LogP contribution in [0, 0.1) is 5.82 Å². The quantitative estimate of drug-likeness (QED) is 0.816.